The lowest BCUT2D eigenvalue weighted by atomic mass is 10.1. The molecule has 0 aliphatic rings. The number of nitrogens with two attached hydrogens (primary N) is 1. The highest BCUT2D eigenvalue weighted by Crippen LogP contribution is 2.27. The third kappa shape index (κ3) is 3.72. The average Bonchev–Trinajstić information content (AvgIpc) is 2.74. The van der Waals surface area contributed by atoms with Crippen LogP contribution in [0.5, 0.6) is 0 Å². The van der Waals surface area contributed by atoms with Gasteiger partial charge in [0.05, 0.1) is 0 Å². The first-order chi connectivity index (χ1) is 9.86. The maximum Gasteiger partial charge on any atom is 0.269 e. The summed E-state index contributed by atoms with van der Waals surface area (Å²) in [6.45, 7) is 7.96. The molecule has 1 aromatic carbocycles. The third-order valence-corrected chi connectivity index (χ3v) is 3.91. The van der Waals surface area contributed by atoms with Crippen molar-refractivity contribution in [1.82, 2.24) is 4.98 Å². The van der Waals surface area contributed by atoms with Gasteiger partial charge in [-0.15, -0.1) is 0 Å². The highest BCUT2D eigenvalue weighted by Gasteiger charge is 2.17. The Balaban J connectivity index is 2.20. The monoisotopic (exact) mass is 304 g/mol. The molecule has 0 saturated carbocycles. The molecule has 4 N–H and O–H groups in total. The Bertz CT molecular complexity index is 664. The van der Waals surface area contributed by atoms with Gasteiger partial charge in [0.25, 0.3) is 5.91 Å². The second-order valence-electron chi connectivity index (χ2n) is 5.30. The number of aromatic nitrogens is 1. The molecule has 112 valence electrons. The molecule has 1 heterocycles. The summed E-state index contributed by atoms with van der Waals surface area (Å²) in [4.78, 5) is 17.0. The van der Waals surface area contributed by atoms with Crippen molar-refractivity contribution < 1.29 is 4.79 Å². The lowest BCUT2D eigenvalue weighted by Gasteiger charge is -2.08. The summed E-state index contributed by atoms with van der Waals surface area (Å²) in [6.07, 6.45) is 0. The number of benzene rings is 1. The van der Waals surface area contributed by atoms with Gasteiger partial charge in [-0.25, -0.2) is 4.98 Å². The number of carbonyl (C=O) groups excluding carboxylic acids is 1. The van der Waals surface area contributed by atoms with E-state index in [-0.39, 0.29) is 17.8 Å². The van der Waals surface area contributed by atoms with Gasteiger partial charge in [0.1, 0.15) is 10.7 Å². The molecule has 0 bridgehead atoms. The Kier molecular flexibility index (Phi) is 4.47. The Morgan fingerprint density at radius 2 is 2.05 bits per heavy atom. The predicted octanol–water partition coefficient (Wildman–Crippen LogP) is 3.41. The lowest BCUT2D eigenvalue weighted by molar-refractivity contribution is 0.103. The molecule has 0 unspecified atom stereocenters. The van der Waals surface area contributed by atoms with E-state index in [2.05, 4.69) is 15.6 Å². The van der Waals surface area contributed by atoms with E-state index in [0.29, 0.717) is 10.0 Å². The van der Waals surface area contributed by atoms with Crippen LogP contribution < -0.4 is 16.4 Å². The second kappa shape index (κ2) is 6.13. The SMILES string of the molecule is Cc1ccc(C)c(NC(=O)c2sc(NC(C)C)nc2N)c1. The number of aryl methyl sites for hydroxylation is 2. The maximum atomic E-state index is 12.3. The minimum Gasteiger partial charge on any atom is -0.382 e. The predicted molar refractivity (Wildman–Crippen MR) is 89.2 cm³/mol. The summed E-state index contributed by atoms with van der Waals surface area (Å²) in [6, 6.07) is 6.17. The molecule has 0 atom stereocenters. The minimum absolute atomic E-state index is 0.226. The third-order valence-electron chi connectivity index (χ3n) is 2.91. The fourth-order valence-electron chi connectivity index (χ4n) is 1.85. The van der Waals surface area contributed by atoms with Crippen molar-refractivity contribution >= 4 is 33.9 Å². The first kappa shape index (κ1) is 15.3. The van der Waals surface area contributed by atoms with Crippen LogP contribution in [-0.2, 0) is 0 Å². The van der Waals surface area contributed by atoms with Crippen molar-refractivity contribution in [2.45, 2.75) is 33.7 Å². The summed E-state index contributed by atoms with van der Waals surface area (Å²) < 4.78 is 0. The molecule has 21 heavy (non-hydrogen) atoms. The van der Waals surface area contributed by atoms with Gasteiger partial charge in [-0.3, -0.25) is 4.79 Å². The molecule has 0 aliphatic carbocycles. The summed E-state index contributed by atoms with van der Waals surface area (Å²) >= 11 is 1.27. The number of thiazole rings is 1. The summed E-state index contributed by atoms with van der Waals surface area (Å²) in [5.41, 5.74) is 8.74. The standard InChI is InChI=1S/C15H20N4OS/c1-8(2)17-15-19-13(16)12(21-15)14(20)18-11-7-9(3)5-6-10(11)4/h5-8H,16H2,1-4H3,(H,17,19)(H,18,20). The lowest BCUT2D eigenvalue weighted by Crippen LogP contribution is -2.13. The number of rotatable bonds is 4. The Hall–Kier alpha value is -2.08. The molecule has 2 rings (SSSR count). The van der Waals surface area contributed by atoms with Crippen LogP contribution in [0.15, 0.2) is 18.2 Å². The van der Waals surface area contributed by atoms with Crippen molar-refractivity contribution in [1.29, 1.82) is 0 Å². The van der Waals surface area contributed by atoms with Crippen molar-refractivity contribution in [2.75, 3.05) is 16.4 Å². The minimum atomic E-state index is -0.226. The average molecular weight is 304 g/mol. The quantitative estimate of drug-likeness (QED) is 0.808. The van der Waals surface area contributed by atoms with Gasteiger partial charge in [0.2, 0.25) is 0 Å². The van der Waals surface area contributed by atoms with Crippen LogP contribution in [0.2, 0.25) is 0 Å². The summed E-state index contributed by atoms with van der Waals surface area (Å²) in [5, 5.41) is 6.71. The van der Waals surface area contributed by atoms with Crippen LogP contribution >= 0.6 is 11.3 Å². The molecule has 1 aromatic heterocycles. The molecule has 0 spiro atoms. The van der Waals surface area contributed by atoms with Crippen LogP contribution in [-0.4, -0.2) is 16.9 Å². The van der Waals surface area contributed by atoms with Crippen molar-refractivity contribution in [2.24, 2.45) is 0 Å². The molecule has 5 nitrogen and oxygen atoms in total. The normalized spacial score (nSPS) is 10.7. The fraction of sp³-hybridized carbons (Fsp3) is 0.333. The van der Waals surface area contributed by atoms with E-state index in [9.17, 15) is 4.79 Å². The topological polar surface area (TPSA) is 80.0 Å². The zero-order valence-electron chi connectivity index (χ0n) is 12.7. The first-order valence-corrected chi connectivity index (χ1v) is 7.60. The van der Waals surface area contributed by atoms with E-state index in [1.54, 1.807) is 0 Å². The van der Waals surface area contributed by atoms with Gasteiger partial charge in [-0.05, 0) is 44.9 Å². The largest absolute Gasteiger partial charge is 0.382 e. The van der Waals surface area contributed by atoms with Crippen molar-refractivity contribution in [3.05, 3.63) is 34.2 Å². The van der Waals surface area contributed by atoms with Crippen LogP contribution in [0.25, 0.3) is 0 Å². The van der Waals surface area contributed by atoms with Gasteiger partial charge in [0, 0.05) is 11.7 Å². The van der Waals surface area contributed by atoms with E-state index in [4.69, 9.17) is 5.73 Å². The molecule has 2 aromatic rings. The molecule has 6 heteroatoms. The molecule has 0 radical (unpaired) electrons. The Morgan fingerprint density at radius 1 is 1.33 bits per heavy atom. The van der Waals surface area contributed by atoms with Gasteiger partial charge < -0.3 is 16.4 Å². The number of carbonyl (C=O) groups is 1. The number of nitrogen functional groups attached to an aromatic ring is 1. The zero-order chi connectivity index (χ0) is 15.6. The van der Waals surface area contributed by atoms with Crippen molar-refractivity contribution in [3.8, 4) is 0 Å². The second-order valence-corrected chi connectivity index (χ2v) is 6.30. The number of amides is 1. The van der Waals surface area contributed by atoms with E-state index in [0.717, 1.165) is 16.8 Å². The summed E-state index contributed by atoms with van der Waals surface area (Å²) in [7, 11) is 0. The number of hydrogen-bond donors (Lipinski definition) is 3. The number of hydrogen-bond acceptors (Lipinski definition) is 5. The maximum absolute atomic E-state index is 12.3. The number of anilines is 3. The molecule has 0 fully saturated rings. The van der Waals surface area contributed by atoms with Gasteiger partial charge in [-0.1, -0.05) is 23.5 Å². The molecule has 0 aliphatic heterocycles. The number of nitrogens with one attached hydrogen (secondary N) is 2. The van der Waals surface area contributed by atoms with E-state index >= 15 is 0 Å². The Labute approximate surface area is 128 Å². The zero-order valence-corrected chi connectivity index (χ0v) is 13.5. The molecule has 1 amide bonds. The van der Waals surface area contributed by atoms with E-state index in [1.807, 2.05) is 45.9 Å². The number of nitrogens with zero attached hydrogens (tertiary/aromatic N) is 1. The van der Waals surface area contributed by atoms with Gasteiger partial charge >= 0.3 is 0 Å². The van der Waals surface area contributed by atoms with E-state index < -0.39 is 0 Å². The highest BCUT2D eigenvalue weighted by atomic mass is 32.1. The highest BCUT2D eigenvalue weighted by molar-refractivity contribution is 7.18. The summed E-state index contributed by atoms with van der Waals surface area (Å²) in [5.74, 6) is 0.0291. The fourth-order valence-corrected chi connectivity index (χ4v) is 2.78. The van der Waals surface area contributed by atoms with E-state index in [1.165, 1.54) is 11.3 Å². The molecule has 0 saturated heterocycles. The van der Waals surface area contributed by atoms with Crippen LogP contribution in [0, 0.1) is 13.8 Å². The smallest absolute Gasteiger partial charge is 0.269 e. The first-order valence-electron chi connectivity index (χ1n) is 6.78. The van der Waals surface area contributed by atoms with Gasteiger partial charge in [-0.2, -0.15) is 0 Å². The van der Waals surface area contributed by atoms with Crippen LogP contribution in [0.3, 0.4) is 0 Å². The Morgan fingerprint density at radius 3 is 2.71 bits per heavy atom. The molecular weight excluding hydrogens is 284 g/mol. The van der Waals surface area contributed by atoms with Gasteiger partial charge in [0.15, 0.2) is 5.13 Å². The van der Waals surface area contributed by atoms with Crippen LogP contribution in [0.1, 0.15) is 34.6 Å². The molecular formula is C15H20N4OS. The van der Waals surface area contributed by atoms with Crippen molar-refractivity contribution in [3.63, 3.8) is 0 Å². The van der Waals surface area contributed by atoms with Crippen LogP contribution in [0.4, 0.5) is 16.6 Å².